The predicted octanol–water partition coefficient (Wildman–Crippen LogP) is 1.81. The molecule has 6 nitrogen and oxygen atoms in total. The Balaban J connectivity index is 2.44. The Bertz CT molecular complexity index is 725. The van der Waals surface area contributed by atoms with Crippen molar-refractivity contribution in [3.05, 3.63) is 50.3 Å². The Morgan fingerprint density at radius 3 is 2.50 bits per heavy atom. The molecule has 0 bridgehead atoms. The molecule has 0 spiro atoms. The Labute approximate surface area is 119 Å². The fourth-order valence-electron chi connectivity index (χ4n) is 1.81. The van der Waals surface area contributed by atoms with E-state index in [-0.39, 0.29) is 6.42 Å². The van der Waals surface area contributed by atoms with Crippen LogP contribution >= 0.6 is 11.6 Å². The van der Waals surface area contributed by atoms with Gasteiger partial charge in [-0.3, -0.25) is 4.79 Å². The fraction of sp³-hybridized carbons (Fsp3) is 0.308. The normalized spacial score (nSPS) is 10.7. The van der Waals surface area contributed by atoms with Crippen LogP contribution in [0, 0.1) is 0 Å². The molecule has 2 rings (SSSR count). The molecular formula is C13H14ClN3O3. The van der Waals surface area contributed by atoms with Gasteiger partial charge < -0.3 is 0 Å². The monoisotopic (exact) mass is 295 g/mol. The van der Waals surface area contributed by atoms with Gasteiger partial charge in [0.05, 0.1) is 5.69 Å². The summed E-state index contributed by atoms with van der Waals surface area (Å²) in [6.07, 6.45) is 1.72. The van der Waals surface area contributed by atoms with Gasteiger partial charge in [-0.2, -0.15) is 4.68 Å². The standard InChI is InChI=1S/C13H14ClN3O3/c1-2-3-4-11(18)17-13(20)16(12(19)15-17)10-7-5-9(14)6-8-10/h5-8H,2-4H2,1H3,(H,15,19). The summed E-state index contributed by atoms with van der Waals surface area (Å²) in [5.41, 5.74) is -0.983. The summed E-state index contributed by atoms with van der Waals surface area (Å²) in [6, 6.07) is 6.22. The number of halogens is 1. The maximum absolute atomic E-state index is 12.1. The first kappa shape index (κ1) is 14.3. The van der Waals surface area contributed by atoms with Gasteiger partial charge in [0, 0.05) is 11.4 Å². The van der Waals surface area contributed by atoms with Crippen molar-refractivity contribution in [3.8, 4) is 5.69 Å². The molecule has 1 heterocycles. The number of unbranched alkanes of at least 4 members (excludes halogenated alkanes) is 1. The molecule has 1 aromatic heterocycles. The third-order valence-electron chi connectivity index (χ3n) is 2.87. The van der Waals surface area contributed by atoms with Crippen molar-refractivity contribution < 1.29 is 4.79 Å². The number of hydrogen-bond donors (Lipinski definition) is 1. The van der Waals surface area contributed by atoms with Crippen molar-refractivity contribution in [1.29, 1.82) is 0 Å². The van der Waals surface area contributed by atoms with E-state index in [2.05, 4.69) is 5.10 Å². The Hall–Kier alpha value is -2.08. The number of nitrogens with zero attached hydrogens (tertiary/aromatic N) is 2. The zero-order valence-corrected chi connectivity index (χ0v) is 11.7. The van der Waals surface area contributed by atoms with E-state index >= 15 is 0 Å². The van der Waals surface area contributed by atoms with Crippen LogP contribution in [-0.2, 0) is 0 Å². The molecule has 20 heavy (non-hydrogen) atoms. The Kier molecular flexibility index (Phi) is 4.24. The van der Waals surface area contributed by atoms with E-state index in [9.17, 15) is 14.4 Å². The van der Waals surface area contributed by atoms with Gasteiger partial charge in [-0.25, -0.2) is 19.3 Å². The Morgan fingerprint density at radius 2 is 1.90 bits per heavy atom. The van der Waals surface area contributed by atoms with Gasteiger partial charge in [0.15, 0.2) is 0 Å². The van der Waals surface area contributed by atoms with Crippen molar-refractivity contribution in [2.45, 2.75) is 26.2 Å². The highest BCUT2D eigenvalue weighted by Gasteiger charge is 2.15. The van der Waals surface area contributed by atoms with Gasteiger partial charge >= 0.3 is 11.4 Å². The molecule has 0 saturated carbocycles. The summed E-state index contributed by atoms with van der Waals surface area (Å²) in [7, 11) is 0. The van der Waals surface area contributed by atoms with Crippen LogP contribution in [0.15, 0.2) is 33.9 Å². The molecule has 0 atom stereocenters. The summed E-state index contributed by atoms with van der Waals surface area (Å²) < 4.78 is 1.66. The van der Waals surface area contributed by atoms with Crippen LogP contribution < -0.4 is 11.4 Å². The molecule has 0 fully saturated rings. The number of carbonyl (C=O) groups excluding carboxylic acids is 1. The first-order chi connectivity index (χ1) is 9.54. The average molecular weight is 296 g/mol. The smallest absolute Gasteiger partial charge is 0.272 e. The second-order valence-electron chi connectivity index (χ2n) is 4.34. The van der Waals surface area contributed by atoms with Gasteiger partial charge in [-0.15, -0.1) is 0 Å². The van der Waals surface area contributed by atoms with Crippen LogP contribution in [0.5, 0.6) is 0 Å². The molecule has 2 aromatic rings. The lowest BCUT2D eigenvalue weighted by Gasteiger charge is -1.99. The summed E-state index contributed by atoms with van der Waals surface area (Å²) in [4.78, 5) is 35.8. The number of hydrogen-bond acceptors (Lipinski definition) is 3. The molecule has 0 aliphatic heterocycles. The van der Waals surface area contributed by atoms with Crippen molar-refractivity contribution in [2.75, 3.05) is 0 Å². The van der Waals surface area contributed by atoms with Gasteiger partial charge in [-0.05, 0) is 30.7 Å². The van der Waals surface area contributed by atoms with Gasteiger partial charge in [0.2, 0.25) is 5.91 Å². The lowest BCUT2D eigenvalue weighted by Crippen LogP contribution is -2.30. The van der Waals surface area contributed by atoms with E-state index in [1.54, 1.807) is 24.3 Å². The summed E-state index contributed by atoms with van der Waals surface area (Å²) in [5.74, 6) is -0.415. The number of nitrogens with one attached hydrogen (secondary N) is 1. The third-order valence-corrected chi connectivity index (χ3v) is 3.12. The van der Waals surface area contributed by atoms with E-state index in [1.165, 1.54) is 0 Å². The molecule has 0 unspecified atom stereocenters. The van der Waals surface area contributed by atoms with E-state index < -0.39 is 17.3 Å². The van der Waals surface area contributed by atoms with Crippen LogP contribution in [0.1, 0.15) is 31.0 Å². The topological polar surface area (TPSA) is 76.9 Å². The molecule has 7 heteroatoms. The zero-order chi connectivity index (χ0) is 14.7. The van der Waals surface area contributed by atoms with Gasteiger partial charge in [0.1, 0.15) is 0 Å². The van der Waals surface area contributed by atoms with Crippen molar-refractivity contribution >= 4 is 17.5 Å². The molecule has 1 aromatic carbocycles. The summed E-state index contributed by atoms with van der Waals surface area (Å²) in [6.45, 7) is 1.94. The molecule has 106 valence electrons. The number of aromatic amines is 1. The summed E-state index contributed by atoms with van der Waals surface area (Å²) >= 11 is 5.76. The van der Waals surface area contributed by atoms with Crippen molar-refractivity contribution in [1.82, 2.24) is 14.3 Å². The van der Waals surface area contributed by atoms with Crippen molar-refractivity contribution in [2.24, 2.45) is 0 Å². The zero-order valence-electron chi connectivity index (χ0n) is 10.9. The Morgan fingerprint density at radius 1 is 1.25 bits per heavy atom. The maximum atomic E-state index is 12.1. The number of benzene rings is 1. The molecule has 0 aliphatic carbocycles. The number of aromatic nitrogens is 3. The number of carbonyl (C=O) groups is 1. The second-order valence-corrected chi connectivity index (χ2v) is 4.78. The van der Waals surface area contributed by atoms with Crippen LogP contribution in [0.4, 0.5) is 0 Å². The SMILES string of the molecule is CCCCC(=O)n1[nH]c(=O)n(-c2ccc(Cl)cc2)c1=O. The molecule has 0 saturated heterocycles. The molecular weight excluding hydrogens is 282 g/mol. The highest BCUT2D eigenvalue weighted by Crippen LogP contribution is 2.10. The minimum atomic E-state index is -0.696. The quantitative estimate of drug-likeness (QED) is 0.934. The van der Waals surface area contributed by atoms with E-state index in [4.69, 9.17) is 11.6 Å². The number of H-pyrrole nitrogens is 1. The molecule has 0 aliphatic rings. The van der Waals surface area contributed by atoms with Crippen LogP contribution in [0.25, 0.3) is 5.69 Å². The fourth-order valence-corrected chi connectivity index (χ4v) is 1.93. The minimum absolute atomic E-state index is 0.219. The second kappa shape index (κ2) is 5.92. The largest absolute Gasteiger partial charge is 0.358 e. The lowest BCUT2D eigenvalue weighted by molar-refractivity contribution is 0.0878. The lowest BCUT2D eigenvalue weighted by atomic mass is 10.2. The number of rotatable bonds is 4. The van der Waals surface area contributed by atoms with E-state index in [0.717, 1.165) is 15.7 Å². The molecule has 0 amide bonds. The van der Waals surface area contributed by atoms with Crippen LogP contribution in [-0.4, -0.2) is 20.3 Å². The van der Waals surface area contributed by atoms with Gasteiger partial charge in [-0.1, -0.05) is 24.9 Å². The van der Waals surface area contributed by atoms with Crippen LogP contribution in [0.2, 0.25) is 5.02 Å². The van der Waals surface area contributed by atoms with Gasteiger partial charge in [0.25, 0.3) is 0 Å². The molecule has 1 N–H and O–H groups in total. The maximum Gasteiger partial charge on any atom is 0.358 e. The first-order valence-electron chi connectivity index (χ1n) is 6.28. The average Bonchev–Trinajstić information content (AvgIpc) is 2.73. The van der Waals surface area contributed by atoms with Crippen LogP contribution in [0.3, 0.4) is 0 Å². The van der Waals surface area contributed by atoms with E-state index in [1.807, 2.05) is 6.92 Å². The minimum Gasteiger partial charge on any atom is -0.272 e. The first-order valence-corrected chi connectivity index (χ1v) is 6.65. The highest BCUT2D eigenvalue weighted by molar-refractivity contribution is 6.30. The van der Waals surface area contributed by atoms with Crippen molar-refractivity contribution in [3.63, 3.8) is 0 Å². The third kappa shape index (κ3) is 2.75. The molecule has 0 radical (unpaired) electrons. The predicted molar refractivity (Wildman–Crippen MR) is 75.8 cm³/mol. The van der Waals surface area contributed by atoms with E-state index in [0.29, 0.717) is 17.1 Å². The summed E-state index contributed by atoms with van der Waals surface area (Å²) in [5, 5.41) is 2.76. The highest BCUT2D eigenvalue weighted by atomic mass is 35.5.